The molecule has 1 heterocycles. The summed E-state index contributed by atoms with van der Waals surface area (Å²) in [6.07, 6.45) is 1.99. The number of sulfonamides is 1. The smallest absolute Gasteiger partial charge is 0.253 e. The molecule has 0 spiro atoms. The number of amides is 2. The first kappa shape index (κ1) is 23.9. The van der Waals surface area contributed by atoms with Gasteiger partial charge in [0.1, 0.15) is 0 Å². The van der Waals surface area contributed by atoms with E-state index in [9.17, 15) is 18.0 Å². The highest BCUT2D eigenvalue weighted by molar-refractivity contribution is 7.89. The third kappa shape index (κ3) is 5.55. The van der Waals surface area contributed by atoms with E-state index in [2.05, 4.69) is 10.6 Å². The highest BCUT2D eigenvalue weighted by atomic mass is 32.2. The molecule has 1 saturated heterocycles. The SMILES string of the molecule is CC[C@@H](C)NC(=O)c1ccccc1NC(=O)[C@@H]1CCCN(S(=O)(=O)c2ccc(C)cc2)C1. The van der Waals surface area contributed by atoms with Gasteiger partial charge in [0.15, 0.2) is 0 Å². The first-order valence-electron chi connectivity index (χ1n) is 11.0. The lowest BCUT2D eigenvalue weighted by Gasteiger charge is -2.31. The zero-order chi connectivity index (χ0) is 23.3. The lowest BCUT2D eigenvalue weighted by atomic mass is 9.98. The Morgan fingerprint density at radius 1 is 1.12 bits per heavy atom. The van der Waals surface area contributed by atoms with Crippen LogP contribution in [-0.2, 0) is 14.8 Å². The number of nitrogens with zero attached hydrogens (tertiary/aromatic N) is 1. The van der Waals surface area contributed by atoms with Gasteiger partial charge in [-0.3, -0.25) is 9.59 Å². The van der Waals surface area contributed by atoms with Crippen molar-refractivity contribution in [3.8, 4) is 0 Å². The number of aryl methyl sites for hydroxylation is 1. The van der Waals surface area contributed by atoms with Gasteiger partial charge < -0.3 is 10.6 Å². The van der Waals surface area contributed by atoms with Crippen molar-refractivity contribution >= 4 is 27.5 Å². The summed E-state index contributed by atoms with van der Waals surface area (Å²) in [5.74, 6) is -1.02. The zero-order valence-electron chi connectivity index (χ0n) is 18.8. The Hall–Kier alpha value is -2.71. The first-order chi connectivity index (χ1) is 15.2. The first-order valence-corrected chi connectivity index (χ1v) is 12.4. The van der Waals surface area contributed by atoms with E-state index in [1.54, 1.807) is 48.5 Å². The summed E-state index contributed by atoms with van der Waals surface area (Å²) in [5, 5.41) is 5.76. The normalized spacial score (nSPS) is 18.0. The number of piperidine rings is 1. The van der Waals surface area contributed by atoms with Crippen molar-refractivity contribution in [2.24, 2.45) is 5.92 Å². The summed E-state index contributed by atoms with van der Waals surface area (Å²) < 4.78 is 27.5. The second-order valence-corrected chi connectivity index (χ2v) is 10.3. The van der Waals surface area contributed by atoms with E-state index in [0.717, 1.165) is 12.0 Å². The summed E-state index contributed by atoms with van der Waals surface area (Å²) in [6, 6.07) is 13.6. The molecule has 0 aliphatic carbocycles. The summed E-state index contributed by atoms with van der Waals surface area (Å²) in [5.41, 5.74) is 1.80. The molecule has 0 bridgehead atoms. The largest absolute Gasteiger partial charge is 0.350 e. The molecule has 2 atom stereocenters. The summed E-state index contributed by atoms with van der Waals surface area (Å²) >= 11 is 0. The van der Waals surface area contributed by atoms with Gasteiger partial charge in [-0.2, -0.15) is 4.31 Å². The zero-order valence-corrected chi connectivity index (χ0v) is 19.6. The summed E-state index contributed by atoms with van der Waals surface area (Å²) in [4.78, 5) is 25.8. The standard InChI is InChI=1S/C24H31N3O4S/c1-4-18(3)25-24(29)21-9-5-6-10-22(21)26-23(28)19-8-7-15-27(16-19)32(30,31)20-13-11-17(2)12-14-20/h5-6,9-14,18-19H,4,7-8,15-16H2,1-3H3,(H,25,29)(H,26,28)/t18-,19-/m1/s1. The Labute approximate surface area is 190 Å². The molecule has 2 aromatic rings. The van der Waals surface area contributed by atoms with Gasteiger partial charge in [-0.25, -0.2) is 8.42 Å². The van der Waals surface area contributed by atoms with E-state index in [0.29, 0.717) is 30.6 Å². The maximum absolute atomic E-state index is 13.0. The minimum absolute atomic E-state index is 0.0186. The van der Waals surface area contributed by atoms with E-state index in [4.69, 9.17) is 0 Å². The van der Waals surface area contributed by atoms with Crippen LogP contribution in [-0.4, -0.2) is 43.7 Å². The average molecular weight is 458 g/mol. The Balaban J connectivity index is 1.73. The third-order valence-corrected chi connectivity index (χ3v) is 7.71. The second kappa shape index (κ2) is 10.3. The van der Waals surface area contributed by atoms with Crippen LogP contribution in [0.5, 0.6) is 0 Å². The van der Waals surface area contributed by atoms with Crippen LogP contribution in [0, 0.1) is 12.8 Å². The van der Waals surface area contributed by atoms with Crippen LogP contribution in [0.4, 0.5) is 5.69 Å². The summed E-state index contributed by atoms with van der Waals surface area (Å²) in [6.45, 7) is 6.30. The van der Waals surface area contributed by atoms with Crippen LogP contribution in [0.2, 0.25) is 0 Å². The van der Waals surface area contributed by atoms with Gasteiger partial charge in [0.2, 0.25) is 15.9 Å². The molecule has 1 aliphatic heterocycles. The maximum Gasteiger partial charge on any atom is 0.253 e. The topological polar surface area (TPSA) is 95.6 Å². The van der Waals surface area contributed by atoms with Crippen molar-refractivity contribution in [1.29, 1.82) is 0 Å². The molecule has 0 saturated carbocycles. The molecule has 1 aliphatic rings. The quantitative estimate of drug-likeness (QED) is 0.665. The highest BCUT2D eigenvalue weighted by Gasteiger charge is 2.33. The molecular weight excluding hydrogens is 426 g/mol. The molecular formula is C24H31N3O4S. The molecule has 0 unspecified atom stereocenters. The van der Waals surface area contributed by atoms with E-state index in [1.807, 2.05) is 20.8 Å². The van der Waals surface area contributed by atoms with Crippen molar-refractivity contribution < 1.29 is 18.0 Å². The van der Waals surface area contributed by atoms with Gasteiger partial charge in [0.05, 0.1) is 22.1 Å². The third-order valence-electron chi connectivity index (χ3n) is 5.83. The maximum atomic E-state index is 13.0. The molecule has 7 nitrogen and oxygen atoms in total. The molecule has 3 rings (SSSR count). The molecule has 2 aromatic carbocycles. The summed E-state index contributed by atoms with van der Waals surface area (Å²) in [7, 11) is -3.67. The second-order valence-electron chi connectivity index (χ2n) is 8.33. The number of anilines is 1. The van der Waals surface area contributed by atoms with E-state index in [1.165, 1.54) is 4.31 Å². The van der Waals surface area contributed by atoms with Crippen molar-refractivity contribution in [3.05, 3.63) is 59.7 Å². The minimum atomic E-state index is -3.67. The highest BCUT2D eigenvalue weighted by Crippen LogP contribution is 2.26. The number of benzene rings is 2. The number of hydrogen-bond donors (Lipinski definition) is 2. The van der Waals surface area contributed by atoms with Crippen LogP contribution in [0.1, 0.15) is 49.0 Å². The lowest BCUT2D eigenvalue weighted by Crippen LogP contribution is -2.43. The van der Waals surface area contributed by atoms with Gasteiger partial charge in [-0.15, -0.1) is 0 Å². The molecule has 172 valence electrons. The van der Waals surface area contributed by atoms with Gasteiger partial charge in [-0.1, -0.05) is 36.8 Å². The number of nitrogens with one attached hydrogen (secondary N) is 2. The fourth-order valence-electron chi connectivity index (χ4n) is 3.66. The van der Waals surface area contributed by atoms with Crippen LogP contribution in [0.25, 0.3) is 0 Å². The number of carbonyl (C=O) groups is 2. The van der Waals surface area contributed by atoms with Crippen molar-refractivity contribution in [3.63, 3.8) is 0 Å². The van der Waals surface area contributed by atoms with Crippen LogP contribution >= 0.6 is 0 Å². The molecule has 8 heteroatoms. The number of para-hydroxylation sites is 1. The Bertz CT molecular complexity index is 1070. The lowest BCUT2D eigenvalue weighted by molar-refractivity contribution is -0.120. The average Bonchev–Trinajstić information content (AvgIpc) is 2.79. The Morgan fingerprint density at radius 2 is 1.81 bits per heavy atom. The van der Waals surface area contributed by atoms with Crippen molar-refractivity contribution in [2.45, 2.75) is 51.0 Å². The molecule has 2 N–H and O–H groups in total. The molecule has 32 heavy (non-hydrogen) atoms. The van der Waals surface area contributed by atoms with Gasteiger partial charge >= 0.3 is 0 Å². The minimum Gasteiger partial charge on any atom is -0.350 e. The fraction of sp³-hybridized carbons (Fsp3) is 0.417. The van der Waals surface area contributed by atoms with E-state index >= 15 is 0 Å². The van der Waals surface area contributed by atoms with E-state index in [-0.39, 0.29) is 29.3 Å². The Morgan fingerprint density at radius 3 is 2.50 bits per heavy atom. The predicted octanol–water partition coefficient (Wildman–Crippen LogP) is 3.56. The Kier molecular flexibility index (Phi) is 7.69. The van der Waals surface area contributed by atoms with Gasteiger partial charge in [0, 0.05) is 19.1 Å². The molecule has 2 amide bonds. The predicted molar refractivity (Wildman–Crippen MR) is 125 cm³/mol. The van der Waals surface area contributed by atoms with Crippen molar-refractivity contribution in [2.75, 3.05) is 18.4 Å². The van der Waals surface area contributed by atoms with Crippen LogP contribution < -0.4 is 10.6 Å². The number of carbonyl (C=O) groups excluding carboxylic acids is 2. The molecule has 1 fully saturated rings. The van der Waals surface area contributed by atoms with Crippen LogP contribution in [0.3, 0.4) is 0 Å². The van der Waals surface area contributed by atoms with Gasteiger partial charge in [0.25, 0.3) is 5.91 Å². The van der Waals surface area contributed by atoms with Crippen molar-refractivity contribution in [1.82, 2.24) is 9.62 Å². The van der Waals surface area contributed by atoms with Gasteiger partial charge in [-0.05, 0) is 57.4 Å². The molecule has 0 radical (unpaired) electrons. The molecule has 0 aromatic heterocycles. The van der Waals surface area contributed by atoms with Crippen LogP contribution in [0.15, 0.2) is 53.4 Å². The van der Waals surface area contributed by atoms with E-state index < -0.39 is 15.9 Å². The monoisotopic (exact) mass is 457 g/mol. The fourth-order valence-corrected chi connectivity index (χ4v) is 5.19. The number of rotatable bonds is 7. The number of hydrogen-bond acceptors (Lipinski definition) is 4.